The topological polar surface area (TPSA) is 63.4 Å². The third-order valence-corrected chi connectivity index (χ3v) is 5.75. The predicted molar refractivity (Wildman–Crippen MR) is 81.9 cm³/mol. The van der Waals surface area contributed by atoms with Crippen molar-refractivity contribution in [1.82, 2.24) is 4.90 Å². The van der Waals surface area contributed by atoms with Gasteiger partial charge < -0.3 is 5.73 Å². The van der Waals surface area contributed by atoms with E-state index < -0.39 is 5.54 Å². The number of likely N-dealkylation sites (tertiary alicyclic amines) is 1. The van der Waals surface area contributed by atoms with Crippen molar-refractivity contribution in [2.45, 2.75) is 58.4 Å². The van der Waals surface area contributed by atoms with Crippen molar-refractivity contribution < 1.29 is 9.59 Å². The molecule has 0 aromatic heterocycles. The Morgan fingerprint density at radius 2 is 1.65 bits per heavy atom. The van der Waals surface area contributed by atoms with Crippen LogP contribution in [0.2, 0.25) is 0 Å². The van der Waals surface area contributed by atoms with E-state index in [2.05, 4.69) is 6.92 Å². The van der Waals surface area contributed by atoms with Crippen LogP contribution in [0.3, 0.4) is 0 Å². The fraction of sp³-hybridized carbons (Fsp3) is 0.800. The lowest BCUT2D eigenvalue weighted by molar-refractivity contribution is -0.145. The lowest BCUT2D eigenvalue weighted by Crippen LogP contribution is -2.59. The molecule has 2 unspecified atom stereocenters. The molecule has 1 aliphatic heterocycles. The van der Waals surface area contributed by atoms with Gasteiger partial charge >= 0.3 is 0 Å². The van der Waals surface area contributed by atoms with E-state index in [1.807, 2.05) is 13.8 Å². The first-order chi connectivity index (χ1) is 9.42. The van der Waals surface area contributed by atoms with Crippen LogP contribution in [0.25, 0.3) is 0 Å². The predicted octanol–water partition coefficient (Wildman–Crippen LogP) is 2.25. The van der Waals surface area contributed by atoms with Crippen molar-refractivity contribution in [3.05, 3.63) is 0 Å². The van der Waals surface area contributed by atoms with Gasteiger partial charge in [0.05, 0.1) is 22.4 Å². The zero-order chi connectivity index (χ0) is 15.1. The molecule has 2 N–H and O–H groups in total. The zero-order valence-electron chi connectivity index (χ0n) is 12.5. The van der Waals surface area contributed by atoms with Gasteiger partial charge in [-0.1, -0.05) is 39.4 Å². The summed E-state index contributed by atoms with van der Waals surface area (Å²) in [5.74, 6) is 0.126. The minimum absolute atomic E-state index is 0.0487. The Hall–Kier alpha value is -0.970. The second-order valence-corrected chi connectivity index (χ2v) is 6.51. The molecular weight excluding hydrogens is 272 g/mol. The van der Waals surface area contributed by atoms with Crippen molar-refractivity contribution in [3.63, 3.8) is 0 Å². The van der Waals surface area contributed by atoms with Crippen molar-refractivity contribution in [2.75, 3.05) is 0 Å². The number of imide groups is 1. The Labute approximate surface area is 126 Å². The average Bonchev–Trinajstić information content (AvgIpc) is 2.95. The zero-order valence-corrected chi connectivity index (χ0v) is 13.3. The van der Waals surface area contributed by atoms with Crippen LogP contribution >= 0.6 is 12.2 Å². The van der Waals surface area contributed by atoms with Gasteiger partial charge in [0.1, 0.15) is 0 Å². The van der Waals surface area contributed by atoms with Crippen LogP contribution in [0.15, 0.2) is 0 Å². The van der Waals surface area contributed by atoms with Gasteiger partial charge in [0.25, 0.3) is 0 Å². The molecule has 2 fully saturated rings. The Kier molecular flexibility index (Phi) is 4.19. The van der Waals surface area contributed by atoms with Crippen LogP contribution in [0, 0.1) is 17.8 Å². The molecule has 2 amide bonds. The highest BCUT2D eigenvalue weighted by molar-refractivity contribution is 7.80. The number of amides is 2. The second kappa shape index (κ2) is 5.43. The molecule has 1 heterocycles. The fourth-order valence-corrected chi connectivity index (χ4v) is 4.29. The minimum Gasteiger partial charge on any atom is -0.391 e. The summed E-state index contributed by atoms with van der Waals surface area (Å²) in [6.07, 6.45) is 3.89. The van der Waals surface area contributed by atoms with Gasteiger partial charge in [-0.2, -0.15) is 0 Å². The molecular formula is C15H24N2O2S. The number of rotatable bonds is 5. The summed E-state index contributed by atoms with van der Waals surface area (Å²) in [7, 11) is 0. The average molecular weight is 296 g/mol. The van der Waals surface area contributed by atoms with Crippen LogP contribution in [0.4, 0.5) is 0 Å². The molecule has 0 aromatic carbocycles. The number of nitrogens with zero attached hydrogens (tertiary/aromatic N) is 1. The van der Waals surface area contributed by atoms with Crippen LogP contribution in [0.1, 0.15) is 52.9 Å². The lowest BCUT2D eigenvalue weighted by atomic mass is 9.90. The molecule has 0 spiro atoms. The molecule has 2 rings (SSSR count). The molecule has 2 atom stereocenters. The Morgan fingerprint density at radius 3 is 1.95 bits per heavy atom. The Morgan fingerprint density at radius 1 is 1.20 bits per heavy atom. The summed E-state index contributed by atoms with van der Waals surface area (Å²) < 4.78 is 0. The SMILES string of the molecule is CCC1CC2C(=O)N(C(CC)(CC)C(N)=S)C(=O)C2C1. The summed E-state index contributed by atoms with van der Waals surface area (Å²) >= 11 is 5.18. The molecule has 0 radical (unpaired) electrons. The van der Waals surface area contributed by atoms with Crippen LogP contribution in [0.5, 0.6) is 0 Å². The summed E-state index contributed by atoms with van der Waals surface area (Å²) in [6, 6.07) is 0. The summed E-state index contributed by atoms with van der Waals surface area (Å²) in [4.78, 5) is 27.1. The summed E-state index contributed by atoms with van der Waals surface area (Å²) in [5, 5.41) is 0. The van der Waals surface area contributed by atoms with E-state index in [1.54, 1.807) is 0 Å². The number of carbonyl (C=O) groups is 2. The quantitative estimate of drug-likeness (QED) is 0.624. The van der Waals surface area contributed by atoms with Gasteiger partial charge in [0.15, 0.2) is 0 Å². The van der Waals surface area contributed by atoms with E-state index in [-0.39, 0.29) is 28.6 Å². The lowest BCUT2D eigenvalue weighted by Gasteiger charge is -2.39. The van der Waals surface area contributed by atoms with Gasteiger partial charge in [0.2, 0.25) is 11.8 Å². The maximum atomic E-state index is 12.7. The molecule has 4 nitrogen and oxygen atoms in total. The van der Waals surface area contributed by atoms with Gasteiger partial charge in [-0.05, 0) is 31.6 Å². The van der Waals surface area contributed by atoms with E-state index in [0.717, 1.165) is 19.3 Å². The number of hydrogen-bond donors (Lipinski definition) is 1. The normalized spacial score (nSPS) is 29.9. The van der Waals surface area contributed by atoms with Crippen LogP contribution in [-0.4, -0.2) is 27.2 Å². The third-order valence-electron chi connectivity index (χ3n) is 5.37. The van der Waals surface area contributed by atoms with Gasteiger partial charge in [-0.3, -0.25) is 14.5 Å². The van der Waals surface area contributed by atoms with Crippen molar-refractivity contribution in [3.8, 4) is 0 Å². The molecule has 0 bridgehead atoms. The highest BCUT2D eigenvalue weighted by atomic mass is 32.1. The summed E-state index contributed by atoms with van der Waals surface area (Å²) in [6.45, 7) is 5.99. The Balaban J connectivity index is 2.34. The maximum absolute atomic E-state index is 12.7. The van der Waals surface area contributed by atoms with E-state index in [0.29, 0.717) is 18.8 Å². The fourth-order valence-electron chi connectivity index (χ4n) is 3.91. The first-order valence-electron chi connectivity index (χ1n) is 7.60. The Bertz CT molecular complexity index is 421. The highest BCUT2D eigenvalue weighted by Gasteiger charge is 2.58. The van der Waals surface area contributed by atoms with Crippen molar-refractivity contribution >= 4 is 29.0 Å². The van der Waals surface area contributed by atoms with Gasteiger partial charge in [0, 0.05) is 0 Å². The first-order valence-corrected chi connectivity index (χ1v) is 8.01. The second-order valence-electron chi connectivity index (χ2n) is 6.07. The number of thiocarbonyl (C=S) groups is 1. The smallest absolute Gasteiger partial charge is 0.233 e. The van der Waals surface area contributed by atoms with E-state index in [4.69, 9.17) is 18.0 Å². The van der Waals surface area contributed by atoms with E-state index in [1.165, 1.54) is 4.90 Å². The van der Waals surface area contributed by atoms with E-state index in [9.17, 15) is 9.59 Å². The summed E-state index contributed by atoms with van der Waals surface area (Å²) in [5.41, 5.74) is 5.12. The molecule has 1 saturated heterocycles. The highest BCUT2D eigenvalue weighted by Crippen LogP contribution is 2.47. The third kappa shape index (κ3) is 1.98. The van der Waals surface area contributed by atoms with Gasteiger partial charge in [-0.25, -0.2) is 0 Å². The molecule has 20 heavy (non-hydrogen) atoms. The van der Waals surface area contributed by atoms with E-state index >= 15 is 0 Å². The standard InChI is InChI=1S/C15H24N2O2S/c1-4-9-7-10-11(8-9)13(19)17(12(10)18)15(5-2,6-3)14(16)20/h9-11H,4-8H2,1-3H3,(H2,16,20). The molecule has 1 aliphatic carbocycles. The first kappa shape index (κ1) is 15.4. The van der Waals surface area contributed by atoms with Gasteiger partial charge in [-0.15, -0.1) is 0 Å². The minimum atomic E-state index is -0.768. The number of nitrogens with two attached hydrogens (primary N) is 1. The molecule has 2 aliphatic rings. The molecule has 5 heteroatoms. The molecule has 112 valence electrons. The maximum Gasteiger partial charge on any atom is 0.233 e. The largest absolute Gasteiger partial charge is 0.391 e. The number of fused-ring (bicyclic) bond motifs is 1. The number of hydrogen-bond acceptors (Lipinski definition) is 3. The molecule has 0 aromatic rings. The molecule has 1 saturated carbocycles. The number of carbonyl (C=O) groups excluding carboxylic acids is 2. The van der Waals surface area contributed by atoms with Crippen molar-refractivity contribution in [2.24, 2.45) is 23.5 Å². The monoisotopic (exact) mass is 296 g/mol. The van der Waals surface area contributed by atoms with Crippen molar-refractivity contribution in [1.29, 1.82) is 0 Å². The van der Waals surface area contributed by atoms with Crippen LogP contribution < -0.4 is 5.73 Å². The van der Waals surface area contributed by atoms with Crippen LogP contribution in [-0.2, 0) is 9.59 Å².